The van der Waals surface area contributed by atoms with Crippen LogP contribution in [-0.2, 0) is 0 Å². The molecule has 2 aliphatic heterocycles. The van der Waals surface area contributed by atoms with E-state index in [1.165, 1.54) is 4.91 Å². The first kappa shape index (κ1) is 9.68. The van der Waals surface area contributed by atoms with E-state index in [1.54, 1.807) is 11.8 Å². The van der Waals surface area contributed by atoms with Crippen molar-refractivity contribution in [1.82, 2.24) is 4.90 Å². The maximum absolute atomic E-state index is 4.58. The third-order valence-corrected chi connectivity index (χ3v) is 4.47. The molecule has 0 saturated carbocycles. The van der Waals surface area contributed by atoms with E-state index in [2.05, 4.69) is 38.2 Å². The molecule has 0 aromatic rings. The zero-order chi connectivity index (χ0) is 9.42. The van der Waals surface area contributed by atoms with Gasteiger partial charge in [0.15, 0.2) is 0 Å². The molecule has 0 radical (unpaired) electrons. The monoisotopic (exact) mass is 276 g/mol. The summed E-state index contributed by atoms with van der Waals surface area (Å²) in [7, 11) is 2.02. The molecule has 70 valence electrons. The number of amidine groups is 1. The van der Waals surface area contributed by atoms with Gasteiger partial charge in [-0.25, -0.2) is 4.99 Å². The predicted molar refractivity (Wildman–Crippen MR) is 65.2 cm³/mol. The van der Waals surface area contributed by atoms with Gasteiger partial charge in [0.05, 0.1) is 4.91 Å². The maximum atomic E-state index is 4.58. The van der Waals surface area contributed by atoms with E-state index >= 15 is 0 Å². The molecule has 0 spiro atoms. The molecule has 0 bridgehead atoms. The first-order valence-electron chi connectivity index (χ1n) is 3.80. The van der Waals surface area contributed by atoms with E-state index in [0.717, 1.165) is 10.3 Å². The van der Waals surface area contributed by atoms with Crippen molar-refractivity contribution >= 4 is 45.3 Å². The minimum Gasteiger partial charge on any atom is -0.334 e. The Morgan fingerprint density at radius 3 is 3.15 bits per heavy atom. The zero-order valence-corrected chi connectivity index (χ0v) is 10.5. The van der Waals surface area contributed by atoms with E-state index in [1.807, 2.05) is 25.0 Å². The SMILES string of the molecule is CSC1N=C2C(=CC(Br)=CN2C)S1. The lowest BCUT2D eigenvalue weighted by Gasteiger charge is -2.18. The molecule has 2 aliphatic rings. The average Bonchev–Trinajstić information content (AvgIpc) is 2.47. The fourth-order valence-corrected chi connectivity index (χ4v) is 3.68. The third-order valence-electron chi connectivity index (χ3n) is 1.80. The lowest BCUT2D eigenvalue weighted by molar-refractivity contribution is 0.684. The fourth-order valence-electron chi connectivity index (χ4n) is 1.22. The smallest absolute Gasteiger partial charge is 0.148 e. The van der Waals surface area contributed by atoms with Crippen molar-refractivity contribution in [2.75, 3.05) is 13.3 Å². The van der Waals surface area contributed by atoms with Gasteiger partial charge in [0.25, 0.3) is 0 Å². The van der Waals surface area contributed by atoms with Crippen molar-refractivity contribution in [3.8, 4) is 0 Å². The van der Waals surface area contributed by atoms with Gasteiger partial charge in [0.2, 0.25) is 0 Å². The number of likely N-dealkylation sites (N-methyl/N-ethyl adjacent to an activating group) is 1. The molecule has 0 fully saturated rings. The van der Waals surface area contributed by atoms with Gasteiger partial charge in [-0.05, 0) is 28.3 Å². The Morgan fingerprint density at radius 1 is 1.69 bits per heavy atom. The number of nitrogens with zero attached hydrogens (tertiary/aromatic N) is 2. The first-order valence-corrected chi connectivity index (χ1v) is 6.76. The van der Waals surface area contributed by atoms with Crippen molar-refractivity contribution in [3.63, 3.8) is 0 Å². The Morgan fingerprint density at radius 2 is 2.46 bits per heavy atom. The van der Waals surface area contributed by atoms with Crippen LogP contribution in [0.15, 0.2) is 26.7 Å². The van der Waals surface area contributed by atoms with Gasteiger partial charge in [-0.2, -0.15) is 0 Å². The molecule has 0 amide bonds. The maximum Gasteiger partial charge on any atom is 0.148 e. The van der Waals surface area contributed by atoms with Crippen LogP contribution in [0.5, 0.6) is 0 Å². The highest BCUT2D eigenvalue weighted by Gasteiger charge is 2.27. The van der Waals surface area contributed by atoms with Gasteiger partial charge in [0, 0.05) is 17.7 Å². The summed E-state index contributed by atoms with van der Waals surface area (Å²) in [6.45, 7) is 0. The van der Waals surface area contributed by atoms with Crippen LogP contribution in [-0.4, -0.2) is 28.7 Å². The van der Waals surface area contributed by atoms with E-state index in [0.29, 0.717) is 4.71 Å². The summed E-state index contributed by atoms with van der Waals surface area (Å²) in [5, 5.41) is 0. The van der Waals surface area contributed by atoms with Crippen LogP contribution in [0.4, 0.5) is 0 Å². The van der Waals surface area contributed by atoms with Gasteiger partial charge >= 0.3 is 0 Å². The van der Waals surface area contributed by atoms with Crippen molar-refractivity contribution < 1.29 is 0 Å². The van der Waals surface area contributed by atoms with Crippen molar-refractivity contribution in [3.05, 3.63) is 21.7 Å². The molecule has 2 rings (SSSR count). The lowest BCUT2D eigenvalue weighted by Crippen LogP contribution is -2.22. The van der Waals surface area contributed by atoms with Crippen LogP contribution in [0.25, 0.3) is 0 Å². The van der Waals surface area contributed by atoms with Crippen molar-refractivity contribution in [2.45, 2.75) is 4.71 Å². The average molecular weight is 277 g/mol. The minimum atomic E-state index is 0.329. The predicted octanol–water partition coefficient (Wildman–Crippen LogP) is 2.84. The van der Waals surface area contributed by atoms with Crippen LogP contribution in [0.2, 0.25) is 0 Å². The fraction of sp³-hybridized carbons (Fsp3) is 0.375. The highest BCUT2D eigenvalue weighted by molar-refractivity contribution is 9.11. The van der Waals surface area contributed by atoms with Crippen LogP contribution < -0.4 is 0 Å². The van der Waals surface area contributed by atoms with Crippen molar-refractivity contribution in [2.24, 2.45) is 4.99 Å². The number of hydrogen-bond acceptors (Lipinski definition) is 4. The number of aliphatic imine (C=N–C) groups is 1. The summed E-state index contributed by atoms with van der Waals surface area (Å²) < 4.78 is 1.44. The summed E-state index contributed by atoms with van der Waals surface area (Å²) in [6.07, 6.45) is 6.24. The minimum absolute atomic E-state index is 0.329. The molecular formula is C8H9BrN2S2. The Labute approximate surface area is 94.7 Å². The van der Waals surface area contributed by atoms with Gasteiger partial charge in [-0.3, -0.25) is 0 Å². The second kappa shape index (κ2) is 3.71. The summed E-state index contributed by atoms with van der Waals surface area (Å²) in [5.41, 5.74) is 0. The highest BCUT2D eigenvalue weighted by Crippen LogP contribution is 2.40. The van der Waals surface area contributed by atoms with Gasteiger partial charge < -0.3 is 4.90 Å². The second-order valence-electron chi connectivity index (χ2n) is 2.75. The molecule has 2 nitrogen and oxygen atoms in total. The number of halogens is 1. The Balaban J connectivity index is 2.30. The Kier molecular flexibility index (Phi) is 2.76. The van der Waals surface area contributed by atoms with Crippen LogP contribution in [0.1, 0.15) is 0 Å². The third kappa shape index (κ3) is 1.82. The van der Waals surface area contributed by atoms with E-state index in [-0.39, 0.29) is 0 Å². The molecule has 13 heavy (non-hydrogen) atoms. The number of allylic oxidation sites excluding steroid dienone is 2. The Bertz CT molecular complexity index is 322. The summed E-state index contributed by atoms with van der Waals surface area (Å²) in [6, 6.07) is 0. The van der Waals surface area contributed by atoms with E-state index in [4.69, 9.17) is 0 Å². The molecule has 1 unspecified atom stereocenters. The van der Waals surface area contributed by atoms with Crippen molar-refractivity contribution in [1.29, 1.82) is 0 Å². The highest BCUT2D eigenvalue weighted by atomic mass is 79.9. The quantitative estimate of drug-likeness (QED) is 0.733. The number of hydrogen-bond donors (Lipinski definition) is 0. The molecule has 5 heteroatoms. The number of rotatable bonds is 1. The van der Waals surface area contributed by atoms with Crippen LogP contribution >= 0.6 is 39.5 Å². The summed E-state index contributed by atoms with van der Waals surface area (Å²) in [5.74, 6) is 1.09. The number of thioether (sulfide) groups is 2. The van der Waals surface area contributed by atoms with E-state index < -0.39 is 0 Å². The number of fused-ring (bicyclic) bond motifs is 1. The molecule has 0 aromatic carbocycles. The molecule has 0 aromatic heterocycles. The molecule has 1 atom stereocenters. The summed E-state index contributed by atoms with van der Waals surface area (Å²) >= 11 is 7.06. The van der Waals surface area contributed by atoms with Crippen LogP contribution in [0.3, 0.4) is 0 Å². The molecular weight excluding hydrogens is 268 g/mol. The topological polar surface area (TPSA) is 15.6 Å². The molecule has 0 saturated heterocycles. The normalized spacial score (nSPS) is 26.5. The van der Waals surface area contributed by atoms with Gasteiger partial charge in [-0.15, -0.1) is 11.8 Å². The van der Waals surface area contributed by atoms with Gasteiger partial charge in [-0.1, -0.05) is 11.8 Å². The van der Waals surface area contributed by atoms with E-state index in [9.17, 15) is 0 Å². The second-order valence-corrected chi connectivity index (χ2v) is 6.00. The summed E-state index contributed by atoms with van der Waals surface area (Å²) in [4.78, 5) is 7.90. The molecule has 0 aliphatic carbocycles. The molecule has 0 N–H and O–H groups in total. The largest absolute Gasteiger partial charge is 0.334 e. The standard InChI is InChI=1S/C8H9BrN2S2/c1-11-4-5(9)3-6-7(11)10-8(12-2)13-6/h3-4,8H,1-2H3. The molecule has 2 heterocycles. The zero-order valence-electron chi connectivity index (χ0n) is 7.32. The van der Waals surface area contributed by atoms with Gasteiger partial charge in [0.1, 0.15) is 10.5 Å². The Hall–Kier alpha value is 0.130. The van der Waals surface area contributed by atoms with Crippen LogP contribution in [0, 0.1) is 0 Å². The lowest BCUT2D eigenvalue weighted by atomic mass is 10.3. The first-order chi connectivity index (χ1) is 6.20.